The first-order valence-corrected chi connectivity index (χ1v) is 13.8. The molecule has 1 atom stereocenters. The average Bonchev–Trinajstić information content (AvgIpc) is 3.68. The first-order valence-electron chi connectivity index (χ1n) is 12.1. The van der Waals surface area contributed by atoms with Gasteiger partial charge in [-0.15, -0.1) is 22.7 Å². The lowest BCUT2D eigenvalue weighted by atomic mass is 10.1. The van der Waals surface area contributed by atoms with E-state index in [1.807, 2.05) is 51.1 Å². The summed E-state index contributed by atoms with van der Waals surface area (Å²) in [5.41, 5.74) is 6.61. The van der Waals surface area contributed by atoms with Crippen LogP contribution in [-0.2, 0) is 24.9 Å². The number of nitrogens with zero attached hydrogens (tertiary/aromatic N) is 6. The molecule has 4 aromatic rings. The first-order chi connectivity index (χ1) is 18.4. The molecule has 2 amide bonds. The van der Waals surface area contributed by atoms with E-state index in [1.54, 1.807) is 32.9 Å². The first kappa shape index (κ1) is 25.8. The fourth-order valence-corrected chi connectivity index (χ4v) is 6.04. The average molecular weight is 552 g/mol. The van der Waals surface area contributed by atoms with Crippen LogP contribution in [0.4, 0.5) is 0 Å². The minimum atomic E-state index is -0.149. The van der Waals surface area contributed by atoms with Gasteiger partial charge in [0.15, 0.2) is 0 Å². The number of amides is 2. The van der Waals surface area contributed by atoms with Crippen LogP contribution in [0, 0.1) is 0 Å². The van der Waals surface area contributed by atoms with Gasteiger partial charge in [0.2, 0.25) is 6.41 Å². The van der Waals surface area contributed by atoms with E-state index in [0.29, 0.717) is 5.56 Å². The van der Waals surface area contributed by atoms with E-state index in [4.69, 9.17) is 0 Å². The van der Waals surface area contributed by atoms with E-state index in [2.05, 4.69) is 36.0 Å². The molecule has 1 unspecified atom stereocenters. The summed E-state index contributed by atoms with van der Waals surface area (Å²) in [5.74, 6) is -0.149. The quantitative estimate of drug-likeness (QED) is 0.238. The molecule has 0 bridgehead atoms. The molecule has 0 spiro atoms. The largest absolute Gasteiger partial charge is 0.383 e. The second-order valence-electron chi connectivity index (χ2n) is 9.14. The number of thiazole rings is 2. The van der Waals surface area contributed by atoms with E-state index in [1.165, 1.54) is 21.9 Å². The van der Waals surface area contributed by atoms with Crippen LogP contribution in [0.5, 0.6) is 0 Å². The maximum absolute atomic E-state index is 12.7. The number of fused-ring (bicyclic) bond motifs is 2. The third-order valence-electron chi connectivity index (χ3n) is 6.22. The van der Waals surface area contributed by atoms with Gasteiger partial charge in [0.1, 0.15) is 4.83 Å². The van der Waals surface area contributed by atoms with Gasteiger partial charge in [-0.3, -0.25) is 19.2 Å². The summed E-state index contributed by atoms with van der Waals surface area (Å²) in [6, 6.07) is 0.0630. The summed E-state index contributed by atoms with van der Waals surface area (Å²) in [6.07, 6.45) is 11.9. The minimum Gasteiger partial charge on any atom is -0.383 e. The molecule has 0 saturated carbocycles. The number of nitrogens with one attached hydrogen (secondary N) is 3. The Labute approximate surface area is 227 Å². The van der Waals surface area contributed by atoms with Crippen LogP contribution >= 0.6 is 22.7 Å². The molecule has 0 fully saturated rings. The van der Waals surface area contributed by atoms with Crippen LogP contribution in [0.15, 0.2) is 53.8 Å². The van der Waals surface area contributed by atoms with Gasteiger partial charge in [-0.2, -0.15) is 10.2 Å². The lowest BCUT2D eigenvalue weighted by Gasteiger charge is -2.21. The molecule has 0 aromatic carbocycles. The van der Waals surface area contributed by atoms with Gasteiger partial charge >= 0.3 is 0 Å². The number of allylic oxidation sites excluding steroid dienone is 2. The van der Waals surface area contributed by atoms with Gasteiger partial charge in [0.05, 0.1) is 40.1 Å². The van der Waals surface area contributed by atoms with Crippen LogP contribution in [-0.4, -0.2) is 60.7 Å². The molecule has 198 valence electrons. The number of aromatic nitrogens is 5. The summed E-state index contributed by atoms with van der Waals surface area (Å²) in [7, 11) is 1.88. The van der Waals surface area contributed by atoms with E-state index in [0.717, 1.165) is 59.1 Å². The summed E-state index contributed by atoms with van der Waals surface area (Å²) >= 11 is 3.24. The van der Waals surface area contributed by atoms with Gasteiger partial charge in [-0.1, -0.05) is 0 Å². The van der Waals surface area contributed by atoms with Crippen molar-refractivity contribution in [3.63, 3.8) is 0 Å². The number of rotatable bonds is 7. The number of carbonyl (C=O) groups excluding carboxylic acids is 2. The monoisotopic (exact) mass is 551 g/mol. The van der Waals surface area contributed by atoms with Crippen molar-refractivity contribution in [3.8, 4) is 10.4 Å². The highest BCUT2D eigenvalue weighted by Crippen LogP contribution is 2.30. The molecule has 13 heteroatoms. The lowest BCUT2D eigenvalue weighted by Crippen LogP contribution is -2.36. The molecule has 38 heavy (non-hydrogen) atoms. The van der Waals surface area contributed by atoms with Crippen LogP contribution in [0.25, 0.3) is 15.3 Å². The summed E-state index contributed by atoms with van der Waals surface area (Å²) in [6.45, 7) is 7.54. The van der Waals surface area contributed by atoms with Crippen molar-refractivity contribution >= 4 is 39.8 Å². The van der Waals surface area contributed by atoms with Crippen molar-refractivity contribution in [2.24, 2.45) is 7.05 Å². The molecular weight excluding hydrogens is 522 g/mol. The number of aryl methyl sites for hydroxylation is 1. The van der Waals surface area contributed by atoms with Gasteiger partial charge < -0.3 is 16.0 Å². The number of dihydropyridines is 1. The summed E-state index contributed by atoms with van der Waals surface area (Å²) in [5, 5.41) is 17.4. The van der Waals surface area contributed by atoms with Crippen LogP contribution in [0.1, 0.15) is 34.8 Å². The highest BCUT2D eigenvalue weighted by atomic mass is 32.1. The van der Waals surface area contributed by atoms with Gasteiger partial charge in [-0.05, 0) is 31.7 Å². The van der Waals surface area contributed by atoms with E-state index < -0.39 is 0 Å². The zero-order valence-corrected chi connectivity index (χ0v) is 23.0. The summed E-state index contributed by atoms with van der Waals surface area (Å²) < 4.78 is 3.50. The van der Waals surface area contributed by atoms with Gasteiger partial charge in [0.25, 0.3) is 5.91 Å². The Morgan fingerprint density at radius 2 is 2.13 bits per heavy atom. The van der Waals surface area contributed by atoms with Crippen LogP contribution < -0.4 is 16.0 Å². The Morgan fingerprint density at radius 3 is 2.89 bits per heavy atom. The van der Waals surface area contributed by atoms with Crippen molar-refractivity contribution in [1.82, 2.24) is 45.2 Å². The zero-order valence-electron chi connectivity index (χ0n) is 21.3. The second-order valence-corrected chi connectivity index (χ2v) is 11.1. The Hall–Kier alpha value is -3.81. The molecule has 0 aliphatic carbocycles. The van der Waals surface area contributed by atoms with Crippen molar-refractivity contribution in [1.29, 1.82) is 0 Å². The number of hydrogen-bond acceptors (Lipinski definition) is 9. The highest BCUT2D eigenvalue weighted by molar-refractivity contribution is 7.21. The standard InChI is InChI=1S/C17H18N6OS.C8H11N3OS/c1-10-4-14(11(2)18-5-10)21-16(24)13-7-20-23-9-15(25-17(13)23)12-6-19-22(3)8-12;12-5-9-1-2-11-3-7-8(4-11)13-6-10-7/h4-9,11,18H,1-3H3,(H,21,24);5-6H,1-4H2,(H,9,12). The fraction of sp³-hybridized carbons (Fsp3) is 0.320. The Balaban J connectivity index is 0.000000190. The third kappa shape index (κ3) is 5.69. The van der Waals surface area contributed by atoms with Crippen molar-refractivity contribution in [2.75, 3.05) is 13.1 Å². The molecule has 0 radical (unpaired) electrons. The zero-order chi connectivity index (χ0) is 26.6. The molecule has 2 aliphatic rings. The molecule has 11 nitrogen and oxygen atoms in total. The molecule has 4 aromatic heterocycles. The number of hydrogen-bond donors (Lipinski definition) is 3. The Morgan fingerprint density at radius 1 is 1.26 bits per heavy atom. The maximum Gasteiger partial charge on any atom is 0.260 e. The molecule has 0 saturated heterocycles. The molecule has 2 aliphatic heterocycles. The normalized spacial score (nSPS) is 16.7. The fourth-order valence-electron chi connectivity index (χ4n) is 4.19. The topological polar surface area (TPSA) is 121 Å². The summed E-state index contributed by atoms with van der Waals surface area (Å²) in [4.78, 5) is 32.5. The van der Waals surface area contributed by atoms with Crippen LogP contribution in [0.3, 0.4) is 0 Å². The van der Waals surface area contributed by atoms with Gasteiger partial charge in [-0.25, -0.2) is 9.50 Å². The van der Waals surface area contributed by atoms with Crippen LogP contribution in [0.2, 0.25) is 0 Å². The smallest absolute Gasteiger partial charge is 0.260 e. The number of carbonyl (C=O) groups is 2. The van der Waals surface area contributed by atoms with Gasteiger partial charge in [0, 0.05) is 61.8 Å². The maximum atomic E-state index is 12.7. The van der Waals surface area contributed by atoms with E-state index in [-0.39, 0.29) is 11.9 Å². The molecular formula is C25H29N9O2S2. The molecule has 6 heterocycles. The van der Waals surface area contributed by atoms with Crippen molar-refractivity contribution in [3.05, 3.63) is 70.0 Å². The SMILES string of the molecule is CC1=CNC(C)C(NC(=O)c2cnn3cc(-c4cnn(C)c4)sc23)=C1.O=CNCCN1Cc2ncsc2C1. The van der Waals surface area contributed by atoms with Crippen molar-refractivity contribution < 1.29 is 9.59 Å². The minimum absolute atomic E-state index is 0.0630. The predicted molar refractivity (Wildman–Crippen MR) is 147 cm³/mol. The molecule has 6 rings (SSSR count). The Kier molecular flexibility index (Phi) is 7.67. The lowest BCUT2D eigenvalue weighted by molar-refractivity contribution is -0.109. The highest BCUT2D eigenvalue weighted by Gasteiger charge is 2.21. The van der Waals surface area contributed by atoms with Crippen molar-refractivity contribution in [2.45, 2.75) is 33.0 Å². The third-order valence-corrected chi connectivity index (χ3v) is 8.24. The predicted octanol–water partition coefficient (Wildman–Crippen LogP) is 2.51. The molecule has 3 N–H and O–H groups in total. The van der Waals surface area contributed by atoms with E-state index in [9.17, 15) is 9.59 Å². The Bertz CT molecular complexity index is 1490. The second kappa shape index (κ2) is 11.3. The van der Waals surface area contributed by atoms with E-state index >= 15 is 0 Å².